The van der Waals surface area contributed by atoms with Crippen molar-refractivity contribution >= 4 is 11.8 Å². The molecule has 0 radical (unpaired) electrons. The molecule has 0 saturated heterocycles. The molecule has 0 aliphatic rings. The first kappa shape index (κ1) is 17.3. The molecule has 0 aliphatic heterocycles. The van der Waals surface area contributed by atoms with Gasteiger partial charge < -0.3 is 14.6 Å². The van der Waals surface area contributed by atoms with Crippen LogP contribution in [0.2, 0.25) is 0 Å². The second-order valence-electron chi connectivity index (χ2n) is 5.59. The minimum atomic E-state index is -0.0828. The van der Waals surface area contributed by atoms with E-state index < -0.39 is 0 Å². The van der Waals surface area contributed by atoms with Crippen molar-refractivity contribution in [1.29, 1.82) is 0 Å². The van der Waals surface area contributed by atoms with E-state index in [9.17, 15) is 9.59 Å². The summed E-state index contributed by atoms with van der Waals surface area (Å²) < 4.78 is 4.94. The number of nitrogens with one attached hydrogen (secondary N) is 1. The highest BCUT2D eigenvalue weighted by atomic mass is 16.3. The molecule has 1 N–H and O–H groups in total. The fourth-order valence-electron chi connectivity index (χ4n) is 1.98. The van der Waals surface area contributed by atoms with Crippen LogP contribution >= 0.6 is 0 Å². The van der Waals surface area contributed by atoms with E-state index in [1.165, 1.54) is 12.5 Å². The van der Waals surface area contributed by atoms with Crippen molar-refractivity contribution in [2.45, 2.75) is 40.0 Å². The number of carbonyl (C=O) groups excluding carboxylic acids is 2. The monoisotopic (exact) mass is 294 g/mol. The summed E-state index contributed by atoms with van der Waals surface area (Å²) in [4.78, 5) is 25.7. The Hall–Kier alpha value is -1.78. The smallest absolute Gasteiger partial charge is 0.257 e. The molecular weight excluding hydrogens is 268 g/mol. The highest BCUT2D eigenvalue weighted by molar-refractivity contribution is 5.94. The van der Waals surface area contributed by atoms with Crippen molar-refractivity contribution < 1.29 is 14.0 Å². The third kappa shape index (κ3) is 6.47. The molecule has 0 bridgehead atoms. The minimum absolute atomic E-state index is 0.00301. The predicted octanol–water partition coefficient (Wildman–Crippen LogP) is 2.68. The maximum atomic E-state index is 12.2. The topological polar surface area (TPSA) is 62.6 Å². The number of furan rings is 1. The first-order valence-corrected chi connectivity index (χ1v) is 7.62. The van der Waals surface area contributed by atoms with Crippen LogP contribution in [0.4, 0.5) is 0 Å². The molecule has 1 aromatic heterocycles. The predicted molar refractivity (Wildman–Crippen MR) is 82.0 cm³/mol. The van der Waals surface area contributed by atoms with Crippen molar-refractivity contribution in [3.8, 4) is 0 Å². The Bertz CT molecular complexity index is 427. The molecular formula is C16H26N2O3. The van der Waals surface area contributed by atoms with Gasteiger partial charge in [0, 0.05) is 26.1 Å². The largest absolute Gasteiger partial charge is 0.472 e. The van der Waals surface area contributed by atoms with Gasteiger partial charge in [0.2, 0.25) is 5.91 Å². The fraction of sp³-hybridized carbons (Fsp3) is 0.625. The second-order valence-corrected chi connectivity index (χ2v) is 5.59. The lowest BCUT2D eigenvalue weighted by Crippen LogP contribution is -2.36. The number of hydrogen-bond donors (Lipinski definition) is 1. The highest BCUT2D eigenvalue weighted by Gasteiger charge is 2.17. The Balaban J connectivity index is 2.40. The van der Waals surface area contributed by atoms with E-state index in [0.717, 1.165) is 12.8 Å². The summed E-state index contributed by atoms with van der Waals surface area (Å²) in [6, 6.07) is 1.65. The molecule has 1 heterocycles. The molecule has 0 atom stereocenters. The van der Waals surface area contributed by atoms with Crippen LogP contribution in [-0.2, 0) is 4.79 Å². The molecule has 5 heteroatoms. The van der Waals surface area contributed by atoms with E-state index in [2.05, 4.69) is 19.2 Å². The van der Waals surface area contributed by atoms with Gasteiger partial charge in [0.05, 0.1) is 11.8 Å². The minimum Gasteiger partial charge on any atom is -0.472 e. The zero-order chi connectivity index (χ0) is 15.7. The molecule has 5 nitrogen and oxygen atoms in total. The Morgan fingerprint density at radius 1 is 1.33 bits per heavy atom. The number of amides is 2. The van der Waals surface area contributed by atoms with Crippen LogP contribution in [0, 0.1) is 5.92 Å². The summed E-state index contributed by atoms with van der Waals surface area (Å²) in [5.74, 6) is 0.488. The van der Waals surface area contributed by atoms with Gasteiger partial charge in [-0.05, 0) is 24.8 Å². The number of hydrogen-bond acceptors (Lipinski definition) is 3. The maximum Gasteiger partial charge on any atom is 0.257 e. The van der Waals surface area contributed by atoms with Crippen LogP contribution in [0.3, 0.4) is 0 Å². The molecule has 0 aromatic carbocycles. The van der Waals surface area contributed by atoms with E-state index in [-0.39, 0.29) is 11.8 Å². The third-order valence-corrected chi connectivity index (χ3v) is 3.20. The first-order chi connectivity index (χ1) is 10.0. The highest BCUT2D eigenvalue weighted by Crippen LogP contribution is 2.07. The van der Waals surface area contributed by atoms with Gasteiger partial charge in [-0.15, -0.1) is 0 Å². The van der Waals surface area contributed by atoms with Crippen molar-refractivity contribution in [2.24, 2.45) is 5.92 Å². The molecule has 0 aliphatic carbocycles. The van der Waals surface area contributed by atoms with Crippen LogP contribution in [0.5, 0.6) is 0 Å². The van der Waals surface area contributed by atoms with E-state index in [1.54, 1.807) is 11.0 Å². The summed E-state index contributed by atoms with van der Waals surface area (Å²) in [6.07, 6.45) is 5.09. The van der Waals surface area contributed by atoms with Gasteiger partial charge in [-0.2, -0.15) is 0 Å². The third-order valence-electron chi connectivity index (χ3n) is 3.20. The number of rotatable bonds is 9. The molecule has 21 heavy (non-hydrogen) atoms. The zero-order valence-electron chi connectivity index (χ0n) is 13.2. The Morgan fingerprint density at radius 3 is 2.67 bits per heavy atom. The number of carbonyl (C=O) groups is 2. The van der Waals surface area contributed by atoms with E-state index in [1.807, 2.05) is 6.92 Å². The average molecular weight is 294 g/mol. The number of nitrogens with zero attached hydrogens (tertiary/aromatic N) is 1. The molecule has 118 valence electrons. The fourth-order valence-corrected chi connectivity index (χ4v) is 1.98. The second kappa shape index (κ2) is 9.21. The Morgan fingerprint density at radius 2 is 2.10 bits per heavy atom. The standard InChI is InChI=1S/C16H26N2O3/c1-4-9-18(16(20)14-7-11-21-12-14)10-6-15(19)17-8-5-13(2)3/h7,11-13H,4-6,8-10H2,1-3H3,(H,17,19). The van der Waals surface area contributed by atoms with Crippen LogP contribution < -0.4 is 5.32 Å². The van der Waals surface area contributed by atoms with Crippen LogP contribution in [0.25, 0.3) is 0 Å². The van der Waals surface area contributed by atoms with Gasteiger partial charge in [0.1, 0.15) is 6.26 Å². The molecule has 1 rings (SSSR count). The van der Waals surface area contributed by atoms with Gasteiger partial charge >= 0.3 is 0 Å². The first-order valence-electron chi connectivity index (χ1n) is 7.62. The lowest BCUT2D eigenvalue weighted by atomic mass is 10.1. The van der Waals surface area contributed by atoms with Crippen molar-refractivity contribution in [3.63, 3.8) is 0 Å². The normalized spacial score (nSPS) is 10.7. The molecule has 0 unspecified atom stereocenters. The van der Waals surface area contributed by atoms with Crippen LogP contribution in [-0.4, -0.2) is 36.3 Å². The molecule has 0 saturated carbocycles. The lowest BCUT2D eigenvalue weighted by Gasteiger charge is -2.21. The summed E-state index contributed by atoms with van der Waals surface area (Å²) in [7, 11) is 0. The summed E-state index contributed by atoms with van der Waals surface area (Å²) >= 11 is 0. The zero-order valence-corrected chi connectivity index (χ0v) is 13.2. The van der Waals surface area contributed by atoms with Crippen LogP contribution in [0.15, 0.2) is 23.0 Å². The quantitative estimate of drug-likeness (QED) is 0.761. The van der Waals surface area contributed by atoms with Crippen molar-refractivity contribution in [1.82, 2.24) is 10.2 Å². The summed E-state index contributed by atoms with van der Waals surface area (Å²) in [5, 5.41) is 2.89. The van der Waals surface area contributed by atoms with Gasteiger partial charge in [-0.1, -0.05) is 20.8 Å². The molecule has 1 aromatic rings. The van der Waals surface area contributed by atoms with Gasteiger partial charge in [-0.3, -0.25) is 9.59 Å². The summed E-state index contributed by atoms with van der Waals surface area (Å²) in [5.41, 5.74) is 0.531. The van der Waals surface area contributed by atoms with Gasteiger partial charge in [0.15, 0.2) is 0 Å². The van der Waals surface area contributed by atoms with Gasteiger partial charge in [0.25, 0.3) is 5.91 Å². The van der Waals surface area contributed by atoms with E-state index in [4.69, 9.17) is 4.42 Å². The average Bonchev–Trinajstić information content (AvgIpc) is 2.96. The lowest BCUT2D eigenvalue weighted by molar-refractivity contribution is -0.121. The van der Waals surface area contributed by atoms with Crippen molar-refractivity contribution in [3.05, 3.63) is 24.2 Å². The van der Waals surface area contributed by atoms with E-state index >= 15 is 0 Å². The molecule has 2 amide bonds. The summed E-state index contributed by atoms with van der Waals surface area (Å²) in [6.45, 7) is 8.03. The molecule has 0 spiro atoms. The molecule has 0 fully saturated rings. The van der Waals surface area contributed by atoms with Gasteiger partial charge in [-0.25, -0.2) is 0 Å². The Labute approximate surface area is 126 Å². The maximum absolute atomic E-state index is 12.2. The van der Waals surface area contributed by atoms with E-state index in [0.29, 0.717) is 37.5 Å². The van der Waals surface area contributed by atoms with Crippen molar-refractivity contribution in [2.75, 3.05) is 19.6 Å². The van der Waals surface area contributed by atoms with Crippen LogP contribution in [0.1, 0.15) is 50.4 Å². The Kier molecular flexibility index (Phi) is 7.58. The SMILES string of the molecule is CCCN(CCC(=O)NCCC(C)C)C(=O)c1ccoc1.